The van der Waals surface area contributed by atoms with Gasteiger partial charge in [0.1, 0.15) is 30.7 Å². The number of nitrogens with one attached hydrogen (secondary N) is 1. The van der Waals surface area contributed by atoms with Crippen molar-refractivity contribution in [3.8, 4) is 23.0 Å². The molecule has 10 nitrogen and oxygen atoms in total. The first kappa shape index (κ1) is 26.8. The lowest BCUT2D eigenvalue weighted by molar-refractivity contribution is -0.907. The van der Waals surface area contributed by atoms with Crippen molar-refractivity contribution in [2.24, 2.45) is 0 Å². The van der Waals surface area contributed by atoms with Crippen molar-refractivity contribution in [1.29, 1.82) is 0 Å². The average molecular weight is 540 g/mol. The highest BCUT2D eigenvalue weighted by Crippen LogP contribution is 2.46. The van der Waals surface area contributed by atoms with Crippen molar-refractivity contribution in [2.45, 2.75) is 25.5 Å². The molecule has 0 unspecified atom stereocenters. The second-order valence-corrected chi connectivity index (χ2v) is 10.0. The summed E-state index contributed by atoms with van der Waals surface area (Å²) in [6.45, 7) is 5.92. The van der Waals surface area contributed by atoms with Crippen LogP contribution in [-0.2, 0) is 20.7 Å². The van der Waals surface area contributed by atoms with Gasteiger partial charge in [-0.1, -0.05) is 0 Å². The fraction of sp³-hybridized carbons (Fsp3) is 0.448. The molecule has 0 aromatic heterocycles. The van der Waals surface area contributed by atoms with E-state index in [1.807, 2.05) is 13.0 Å². The quantitative estimate of drug-likeness (QED) is 0.294. The van der Waals surface area contributed by atoms with E-state index < -0.39 is 17.7 Å². The molecule has 2 N–H and O–H groups in total. The summed E-state index contributed by atoms with van der Waals surface area (Å²) in [6.07, 6.45) is 0.730. The number of benzene rings is 2. The molecule has 208 valence electrons. The van der Waals surface area contributed by atoms with Crippen LogP contribution in [0.3, 0.4) is 0 Å². The number of carbonyl (C=O) groups is 2. The molecule has 3 aliphatic rings. The van der Waals surface area contributed by atoms with Gasteiger partial charge in [0.15, 0.2) is 11.5 Å². The lowest BCUT2D eigenvalue weighted by Gasteiger charge is -2.29. The molecule has 0 saturated carbocycles. The minimum atomic E-state index is -0.845. The van der Waals surface area contributed by atoms with Crippen molar-refractivity contribution < 1.29 is 43.3 Å². The second-order valence-electron chi connectivity index (χ2n) is 10.0. The van der Waals surface area contributed by atoms with Crippen LogP contribution in [0.5, 0.6) is 23.0 Å². The fourth-order valence-corrected chi connectivity index (χ4v) is 5.63. The first-order chi connectivity index (χ1) is 18.9. The monoisotopic (exact) mass is 539 g/mol. The molecule has 0 bridgehead atoms. The van der Waals surface area contributed by atoms with E-state index in [2.05, 4.69) is 0 Å². The van der Waals surface area contributed by atoms with Gasteiger partial charge in [0.05, 0.1) is 59.2 Å². The summed E-state index contributed by atoms with van der Waals surface area (Å²) >= 11 is 0. The number of hydrogen-bond acceptors (Lipinski definition) is 8. The molecule has 2 aromatic rings. The number of methoxy groups -OCH3 is 3. The first-order valence-corrected chi connectivity index (χ1v) is 13.2. The van der Waals surface area contributed by atoms with Crippen molar-refractivity contribution in [2.75, 3.05) is 60.7 Å². The van der Waals surface area contributed by atoms with Crippen LogP contribution < -0.4 is 23.8 Å². The molecule has 2 fully saturated rings. The Balaban J connectivity index is 1.61. The molecule has 0 radical (unpaired) electrons. The molecule has 0 spiro atoms. The molecule has 2 saturated heterocycles. The zero-order valence-corrected chi connectivity index (χ0v) is 22.7. The van der Waals surface area contributed by atoms with E-state index in [-0.39, 0.29) is 17.4 Å². The van der Waals surface area contributed by atoms with Gasteiger partial charge < -0.3 is 38.6 Å². The normalized spacial score (nSPS) is 22.5. The highest BCUT2D eigenvalue weighted by atomic mass is 16.5. The third-order valence-corrected chi connectivity index (χ3v) is 7.62. The number of aliphatic hydroxyl groups is 1. The number of morpholine rings is 1. The van der Waals surface area contributed by atoms with E-state index >= 15 is 0 Å². The molecule has 39 heavy (non-hydrogen) atoms. The summed E-state index contributed by atoms with van der Waals surface area (Å²) in [5.74, 6) is 0.324. The Kier molecular flexibility index (Phi) is 7.67. The number of aliphatic hydroxyl groups excluding tert-OH is 1. The predicted octanol–water partition coefficient (Wildman–Crippen LogP) is 1.37. The lowest BCUT2D eigenvalue weighted by atomic mass is 9.94. The predicted molar refractivity (Wildman–Crippen MR) is 142 cm³/mol. The highest BCUT2D eigenvalue weighted by Gasteiger charge is 2.47. The summed E-state index contributed by atoms with van der Waals surface area (Å²) in [6, 6.07) is 7.92. The lowest BCUT2D eigenvalue weighted by Crippen LogP contribution is -3.14. The van der Waals surface area contributed by atoms with Crippen LogP contribution in [0, 0.1) is 0 Å². The van der Waals surface area contributed by atoms with Gasteiger partial charge in [-0.3, -0.25) is 9.59 Å². The van der Waals surface area contributed by atoms with Crippen LogP contribution in [0.1, 0.15) is 29.7 Å². The number of carbonyl (C=O) groups excluding carboxylic acids is 2. The summed E-state index contributed by atoms with van der Waals surface area (Å²) in [4.78, 5) is 29.8. The zero-order chi connectivity index (χ0) is 27.7. The van der Waals surface area contributed by atoms with Crippen LogP contribution in [0.2, 0.25) is 0 Å². The van der Waals surface area contributed by atoms with E-state index in [4.69, 9.17) is 23.7 Å². The third-order valence-electron chi connectivity index (χ3n) is 7.62. The van der Waals surface area contributed by atoms with Gasteiger partial charge >= 0.3 is 0 Å². The van der Waals surface area contributed by atoms with Crippen molar-refractivity contribution >= 4 is 17.4 Å². The van der Waals surface area contributed by atoms with Crippen LogP contribution in [-0.4, -0.2) is 88.5 Å². The number of nitrogens with zero attached hydrogens (tertiary/aromatic N) is 1. The zero-order valence-electron chi connectivity index (χ0n) is 22.7. The minimum absolute atomic E-state index is 0.0261. The Bertz CT molecular complexity index is 1280. The maximum absolute atomic E-state index is 13.5. The minimum Gasteiger partial charge on any atom is -0.507 e. The van der Waals surface area contributed by atoms with Crippen LogP contribution in [0.4, 0.5) is 0 Å². The number of ketones is 1. The molecule has 10 heteroatoms. The Morgan fingerprint density at radius 1 is 1.05 bits per heavy atom. The van der Waals surface area contributed by atoms with Gasteiger partial charge in [-0.2, -0.15) is 0 Å². The fourth-order valence-electron chi connectivity index (χ4n) is 5.63. The third kappa shape index (κ3) is 5.02. The maximum Gasteiger partial charge on any atom is 0.295 e. The Morgan fingerprint density at radius 3 is 2.38 bits per heavy atom. The van der Waals surface area contributed by atoms with E-state index in [0.29, 0.717) is 61.1 Å². The molecule has 2 aromatic carbocycles. The number of hydrogen-bond donors (Lipinski definition) is 2. The second kappa shape index (κ2) is 11.2. The number of fused-ring (bicyclic) bond motifs is 1. The Labute approximate surface area is 227 Å². The highest BCUT2D eigenvalue weighted by molar-refractivity contribution is 6.46. The van der Waals surface area contributed by atoms with E-state index in [0.717, 1.165) is 24.4 Å². The van der Waals surface area contributed by atoms with E-state index in [1.165, 1.54) is 31.1 Å². The molecule has 1 amide bonds. The van der Waals surface area contributed by atoms with E-state index in [1.54, 1.807) is 24.3 Å². The summed E-state index contributed by atoms with van der Waals surface area (Å²) in [5, 5.41) is 11.6. The molecule has 0 aliphatic carbocycles. The number of quaternary nitrogens is 1. The SMILES string of the molecule is COc1cc([C@H]2C(=C(O)c3ccc4c(c3)C[C@@H](C)O4)C(=O)C(=O)N2CC[NH+]2CCOCC2)cc(OC)c1OC. The smallest absolute Gasteiger partial charge is 0.295 e. The van der Waals surface area contributed by atoms with Gasteiger partial charge in [-0.15, -0.1) is 0 Å². The summed E-state index contributed by atoms with van der Waals surface area (Å²) < 4.78 is 27.9. The van der Waals surface area contributed by atoms with Crippen LogP contribution in [0.15, 0.2) is 35.9 Å². The maximum atomic E-state index is 13.5. The molecule has 5 rings (SSSR count). The standard InChI is InChI=1S/C29H34N2O8/c1-17-13-19-14-18(5-6-21(19)39-17)26(32)24-25(20-15-22(35-2)28(37-4)23(16-20)36-3)31(29(34)27(24)33)8-7-30-9-11-38-12-10-30/h5-6,14-17,25,32H,7-13H2,1-4H3/p+1/t17-,25+/m1/s1. The van der Waals surface area contributed by atoms with Crippen LogP contribution in [0.25, 0.3) is 5.76 Å². The Morgan fingerprint density at radius 2 is 1.74 bits per heavy atom. The number of ether oxygens (including phenoxy) is 5. The Hall–Kier alpha value is -3.76. The van der Waals surface area contributed by atoms with Gasteiger partial charge in [-0.25, -0.2) is 0 Å². The van der Waals surface area contributed by atoms with Crippen molar-refractivity contribution in [3.05, 3.63) is 52.6 Å². The first-order valence-electron chi connectivity index (χ1n) is 13.2. The van der Waals surface area contributed by atoms with Crippen LogP contribution >= 0.6 is 0 Å². The molecule has 2 atom stereocenters. The molecular formula is C29H35N2O8+. The molecule has 3 heterocycles. The summed E-state index contributed by atoms with van der Waals surface area (Å²) in [7, 11) is 4.52. The summed E-state index contributed by atoms with van der Waals surface area (Å²) in [5.41, 5.74) is 2.00. The van der Waals surface area contributed by atoms with Gasteiger partial charge in [0.2, 0.25) is 5.75 Å². The van der Waals surface area contributed by atoms with Crippen molar-refractivity contribution in [1.82, 2.24) is 4.90 Å². The van der Waals surface area contributed by atoms with Gasteiger partial charge in [-0.05, 0) is 48.4 Å². The van der Waals surface area contributed by atoms with E-state index in [9.17, 15) is 14.7 Å². The number of amides is 1. The number of likely N-dealkylation sites (tertiary alicyclic amines) is 1. The van der Waals surface area contributed by atoms with Crippen molar-refractivity contribution in [3.63, 3.8) is 0 Å². The molecule has 3 aliphatic heterocycles. The molecular weight excluding hydrogens is 504 g/mol. The van der Waals surface area contributed by atoms with Gasteiger partial charge in [0, 0.05) is 12.0 Å². The number of rotatable bonds is 8. The largest absolute Gasteiger partial charge is 0.507 e. The van der Waals surface area contributed by atoms with Gasteiger partial charge in [0.25, 0.3) is 11.7 Å². The number of Topliss-reactive ketones (excluding diaryl/α,β-unsaturated/α-hetero) is 1. The topological polar surface area (TPSA) is 108 Å². The average Bonchev–Trinajstić information content (AvgIpc) is 3.46.